The molecular weight excluding hydrogens is 448 g/mol. The number of hydrogen-bond donors (Lipinski definition) is 4. The number of pyridine rings is 1. The zero-order valence-corrected chi connectivity index (χ0v) is 16.6. The standard InChI is InChI=1S/C21H16F4N4O4/c22-12-6-10(5-11(7-12)20(23,24)25)17(21(31,32)33)15-8-16(29-9-28-15)18-13-1-4-27-19(30)14(13)2-3-26-18/h2-3,5-9,17,31-33H,1,4H2,(H,27,30). The number of nitrogens with one attached hydrogen (secondary N) is 1. The molecule has 1 aromatic carbocycles. The summed E-state index contributed by atoms with van der Waals surface area (Å²) < 4.78 is 53.5. The first-order valence-electron chi connectivity index (χ1n) is 9.58. The lowest BCUT2D eigenvalue weighted by Crippen LogP contribution is -2.37. The molecule has 1 unspecified atom stereocenters. The zero-order valence-electron chi connectivity index (χ0n) is 16.6. The maximum Gasteiger partial charge on any atom is 0.416 e. The quantitative estimate of drug-likeness (QED) is 0.342. The molecule has 12 heteroatoms. The van der Waals surface area contributed by atoms with Crippen molar-refractivity contribution >= 4 is 5.91 Å². The number of carbonyl (C=O) groups is 1. The molecule has 0 saturated heterocycles. The van der Waals surface area contributed by atoms with Crippen molar-refractivity contribution in [3.63, 3.8) is 0 Å². The third kappa shape index (κ3) is 4.53. The van der Waals surface area contributed by atoms with E-state index in [1.807, 2.05) is 0 Å². The largest absolute Gasteiger partial charge is 0.416 e. The Hall–Kier alpha value is -3.48. The molecule has 0 spiro atoms. The molecule has 3 aromatic rings. The van der Waals surface area contributed by atoms with Gasteiger partial charge in [0.25, 0.3) is 11.9 Å². The second kappa shape index (κ2) is 8.14. The number of nitrogens with zero attached hydrogens (tertiary/aromatic N) is 3. The molecule has 1 atom stereocenters. The van der Waals surface area contributed by atoms with E-state index in [-0.39, 0.29) is 29.1 Å². The summed E-state index contributed by atoms with van der Waals surface area (Å²) in [5.74, 6) is -7.19. The number of rotatable bonds is 4. The van der Waals surface area contributed by atoms with Crippen LogP contribution in [-0.4, -0.2) is 48.7 Å². The highest BCUT2D eigenvalue weighted by Crippen LogP contribution is 2.37. The van der Waals surface area contributed by atoms with E-state index in [0.29, 0.717) is 36.2 Å². The lowest BCUT2D eigenvalue weighted by Gasteiger charge is -2.27. The Kier molecular flexibility index (Phi) is 5.60. The molecule has 1 aliphatic rings. The second-order valence-electron chi connectivity index (χ2n) is 7.41. The molecule has 3 heterocycles. The summed E-state index contributed by atoms with van der Waals surface area (Å²) in [5.41, 5.74) is -0.953. The van der Waals surface area contributed by atoms with Crippen LogP contribution in [0.2, 0.25) is 0 Å². The Morgan fingerprint density at radius 3 is 2.48 bits per heavy atom. The van der Waals surface area contributed by atoms with Crippen molar-refractivity contribution in [2.75, 3.05) is 6.54 Å². The number of aliphatic hydroxyl groups is 3. The fourth-order valence-corrected chi connectivity index (χ4v) is 3.77. The fraction of sp³-hybridized carbons (Fsp3) is 0.238. The monoisotopic (exact) mass is 464 g/mol. The first-order chi connectivity index (χ1) is 15.4. The predicted octanol–water partition coefficient (Wildman–Crippen LogP) is 1.75. The van der Waals surface area contributed by atoms with Gasteiger partial charge in [0, 0.05) is 18.3 Å². The predicted molar refractivity (Wildman–Crippen MR) is 104 cm³/mol. The number of amides is 1. The lowest BCUT2D eigenvalue weighted by molar-refractivity contribution is -0.319. The van der Waals surface area contributed by atoms with Crippen molar-refractivity contribution in [1.82, 2.24) is 20.3 Å². The van der Waals surface area contributed by atoms with Gasteiger partial charge in [-0.1, -0.05) is 0 Å². The van der Waals surface area contributed by atoms with Crippen LogP contribution in [0.15, 0.2) is 42.9 Å². The van der Waals surface area contributed by atoms with Gasteiger partial charge in [-0.15, -0.1) is 0 Å². The van der Waals surface area contributed by atoms with E-state index in [9.17, 15) is 37.7 Å². The van der Waals surface area contributed by atoms with Crippen molar-refractivity contribution < 1.29 is 37.7 Å². The number of alkyl halides is 3. The lowest BCUT2D eigenvalue weighted by atomic mass is 9.90. The van der Waals surface area contributed by atoms with Crippen molar-refractivity contribution in [2.24, 2.45) is 0 Å². The topological polar surface area (TPSA) is 128 Å². The first-order valence-corrected chi connectivity index (χ1v) is 9.58. The van der Waals surface area contributed by atoms with Gasteiger partial charge >= 0.3 is 6.18 Å². The SMILES string of the molecule is O=C1NCCc2c1ccnc2-c1cc(C(c2cc(F)cc(C(F)(F)F)c2)C(O)(O)O)ncn1. The van der Waals surface area contributed by atoms with Gasteiger partial charge in [0.1, 0.15) is 18.1 Å². The summed E-state index contributed by atoms with van der Waals surface area (Å²) in [5, 5.41) is 32.5. The van der Waals surface area contributed by atoms with E-state index < -0.39 is 35.0 Å². The van der Waals surface area contributed by atoms with Crippen LogP contribution in [0.1, 0.15) is 38.7 Å². The first kappa shape index (κ1) is 22.7. The Balaban J connectivity index is 1.85. The number of benzene rings is 1. The van der Waals surface area contributed by atoms with Gasteiger partial charge in [0.15, 0.2) is 0 Å². The van der Waals surface area contributed by atoms with Crippen LogP contribution in [0.4, 0.5) is 17.6 Å². The summed E-state index contributed by atoms with van der Waals surface area (Å²) in [7, 11) is 0. The summed E-state index contributed by atoms with van der Waals surface area (Å²) in [6.07, 6.45) is -2.14. The van der Waals surface area contributed by atoms with Crippen molar-refractivity contribution in [3.05, 3.63) is 76.6 Å². The van der Waals surface area contributed by atoms with Gasteiger partial charge in [0.05, 0.1) is 22.6 Å². The zero-order chi connectivity index (χ0) is 24.0. The molecule has 33 heavy (non-hydrogen) atoms. The normalized spacial score (nSPS) is 15.1. The fourth-order valence-electron chi connectivity index (χ4n) is 3.77. The minimum Gasteiger partial charge on any atom is -0.352 e. The molecule has 0 saturated carbocycles. The molecule has 2 aromatic heterocycles. The minimum absolute atomic E-state index is 0.119. The molecule has 0 aliphatic carbocycles. The highest BCUT2D eigenvalue weighted by molar-refractivity contribution is 5.98. The molecule has 1 aliphatic heterocycles. The van der Waals surface area contributed by atoms with Crippen molar-refractivity contribution in [3.8, 4) is 11.4 Å². The van der Waals surface area contributed by atoms with Crippen LogP contribution in [0.3, 0.4) is 0 Å². The maximum absolute atomic E-state index is 14.0. The average Bonchev–Trinajstić information content (AvgIpc) is 2.72. The number of halogens is 4. The minimum atomic E-state index is -4.92. The van der Waals surface area contributed by atoms with Crippen LogP contribution in [0.25, 0.3) is 11.4 Å². The molecule has 4 N–H and O–H groups in total. The van der Waals surface area contributed by atoms with E-state index in [1.165, 1.54) is 18.3 Å². The van der Waals surface area contributed by atoms with Gasteiger partial charge in [0.2, 0.25) is 0 Å². The molecule has 0 fully saturated rings. The Labute approximate surface area is 183 Å². The van der Waals surface area contributed by atoms with Gasteiger partial charge in [-0.2, -0.15) is 13.2 Å². The van der Waals surface area contributed by atoms with E-state index in [1.54, 1.807) is 0 Å². The van der Waals surface area contributed by atoms with E-state index in [4.69, 9.17) is 0 Å². The van der Waals surface area contributed by atoms with Crippen LogP contribution in [0, 0.1) is 5.82 Å². The second-order valence-corrected chi connectivity index (χ2v) is 7.41. The molecule has 8 nitrogen and oxygen atoms in total. The van der Waals surface area contributed by atoms with E-state index in [2.05, 4.69) is 20.3 Å². The molecule has 0 bridgehead atoms. The van der Waals surface area contributed by atoms with Crippen LogP contribution in [0.5, 0.6) is 0 Å². The van der Waals surface area contributed by atoms with E-state index >= 15 is 0 Å². The third-order valence-corrected chi connectivity index (χ3v) is 5.16. The number of aromatic nitrogens is 3. The Morgan fingerprint density at radius 2 is 1.79 bits per heavy atom. The van der Waals surface area contributed by atoms with Crippen molar-refractivity contribution in [1.29, 1.82) is 0 Å². The van der Waals surface area contributed by atoms with Crippen molar-refractivity contribution in [2.45, 2.75) is 24.5 Å². The Bertz CT molecular complexity index is 1230. The van der Waals surface area contributed by atoms with Gasteiger partial charge < -0.3 is 20.6 Å². The summed E-state index contributed by atoms with van der Waals surface area (Å²) in [6, 6.07) is 4.05. The Morgan fingerprint density at radius 1 is 1.03 bits per heavy atom. The van der Waals surface area contributed by atoms with Gasteiger partial charge in [-0.25, -0.2) is 14.4 Å². The molecule has 1 amide bonds. The van der Waals surface area contributed by atoms with Crippen LogP contribution < -0.4 is 5.32 Å². The van der Waals surface area contributed by atoms with Crippen LogP contribution >= 0.6 is 0 Å². The third-order valence-electron chi connectivity index (χ3n) is 5.16. The molecular formula is C21H16F4N4O4. The number of hydrogen-bond acceptors (Lipinski definition) is 7. The highest BCUT2D eigenvalue weighted by Gasteiger charge is 2.39. The molecule has 0 radical (unpaired) electrons. The van der Waals surface area contributed by atoms with E-state index in [0.717, 1.165) is 6.33 Å². The summed E-state index contributed by atoms with van der Waals surface area (Å²) in [6.45, 7) is 0.349. The van der Waals surface area contributed by atoms with Gasteiger partial charge in [-0.3, -0.25) is 9.78 Å². The maximum atomic E-state index is 14.0. The smallest absolute Gasteiger partial charge is 0.352 e. The average molecular weight is 464 g/mol. The summed E-state index contributed by atoms with van der Waals surface area (Å²) >= 11 is 0. The van der Waals surface area contributed by atoms with Gasteiger partial charge in [-0.05, 0) is 47.9 Å². The summed E-state index contributed by atoms with van der Waals surface area (Å²) in [4.78, 5) is 24.3. The molecule has 4 rings (SSSR count). The van der Waals surface area contributed by atoms with Crippen LogP contribution in [-0.2, 0) is 12.6 Å². The molecule has 172 valence electrons. The number of fused-ring (bicyclic) bond motifs is 1. The number of carbonyl (C=O) groups excluding carboxylic acids is 1. The highest BCUT2D eigenvalue weighted by atomic mass is 19.4.